The number of carbonyl (C=O) groups excluding carboxylic acids is 1. The molecule has 5 aromatic rings. The lowest BCUT2D eigenvalue weighted by Crippen LogP contribution is -2.39. The first-order valence-corrected chi connectivity index (χ1v) is 13.5. The number of amides is 1. The fraction of sp³-hybridized carbons (Fsp3) is 0.156. The van der Waals surface area contributed by atoms with Crippen LogP contribution >= 0.6 is 11.6 Å². The van der Waals surface area contributed by atoms with Crippen molar-refractivity contribution in [3.63, 3.8) is 0 Å². The highest BCUT2D eigenvalue weighted by atomic mass is 35.5. The highest BCUT2D eigenvalue weighted by Crippen LogP contribution is 2.32. The molecular formula is C32H25ClF4N4O2. The number of carbonyl (C=O) groups is 1. The van der Waals surface area contributed by atoms with Crippen LogP contribution < -0.4 is 10.1 Å². The van der Waals surface area contributed by atoms with Crippen molar-refractivity contribution in [1.82, 2.24) is 20.1 Å². The molecule has 0 unspecified atom stereocenters. The topological polar surface area (TPSA) is 69.0 Å². The third-order valence-electron chi connectivity index (χ3n) is 6.89. The van der Waals surface area contributed by atoms with Gasteiger partial charge in [-0.2, -0.15) is 18.3 Å². The molecule has 0 radical (unpaired) electrons. The van der Waals surface area contributed by atoms with Gasteiger partial charge in [0.15, 0.2) is 0 Å². The predicted molar refractivity (Wildman–Crippen MR) is 155 cm³/mol. The van der Waals surface area contributed by atoms with Crippen LogP contribution in [0.1, 0.15) is 21.5 Å². The molecule has 0 saturated carbocycles. The van der Waals surface area contributed by atoms with Crippen LogP contribution in [0.5, 0.6) is 5.75 Å². The van der Waals surface area contributed by atoms with Crippen LogP contribution in [0.15, 0.2) is 97.6 Å². The second kappa shape index (κ2) is 12.7. The average Bonchev–Trinajstić information content (AvgIpc) is 3.51. The van der Waals surface area contributed by atoms with Gasteiger partial charge in [-0.05, 0) is 70.6 Å². The molecule has 0 aliphatic heterocycles. The summed E-state index contributed by atoms with van der Waals surface area (Å²) >= 11 is 5.94. The third kappa shape index (κ3) is 7.21. The Morgan fingerprint density at radius 3 is 2.16 bits per heavy atom. The second-order valence-electron chi connectivity index (χ2n) is 9.81. The van der Waals surface area contributed by atoms with E-state index in [0.717, 1.165) is 28.8 Å². The van der Waals surface area contributed by atoms with Gasteiger partial charge in [0.1, 0.15) is 24.2 Å². The Hall–Kier alpha value is -4.70. The Labute approximate surface area is 249 Å². The Kier molecular flexibility index (Phi) is 8.77. The fourth-order valence-corrected chi connectivity index (χ4v) is 4.87. The fourth-order valence-electron chi connectivity index (χ4n) is 4.69. The van der Waals surface area contributed by atoms with Gasteiger partial charge in [0.25, 0.3) is 5.91 Å². The van der Waals surface area contributed by atoms with Crippen molar-refractivity contribution >= 4 is 17.5 Å². The summed E-state index contributed by atoms with van der Waals surface area (Å²) in [5.74, 6) is -0.599. The van der Waals surface area contributed by atoms with Crippen LogP contribution in [0, 0.1) is 5.82 Å². The molecule has 1 aromatic heterocycles. The summed E-state index contributed by atoms with van der Waals surface area (Å²) in [7, 11) is 1.44. The van der Waals surface area contributed by atoms with E-state index in [2.05, 4.69) is 15.4 Å². The number of nitrogens with one attached hydrogen (secondary N) is 1. The van der Waals surface area contributed by atoms with Crippen LogP contribution in [0.2, 0.25) is 5.02 Å². The minimum atomic E-state index is -4.45. The zero-order valence-electron chi connectivity index (χ0n) is 22.8. The smallest absolute Gasteiger partial charge is 0.416 e. The van der Waals surface area contributed by atoms with E-state index in [0.29, 0.717) is 29.8 Å². The number of rotatable bonds is 9. The maximum absolute atomic E-state index is 13.6. The second-order valence-corrected chi connectivity index (χ2v) is 10.2. The molecule has 0 aliphatic carbocycles. The largest absolute Gasteiger partial charge is 0.496 e. The molecule has 4 aromatic carbocycles. The van der Waals surface area contributed by atoms with Crippen LogP contribution in [0.25, 0.3) is 22.3 Å². The lowest BCUT2D eigenvalue weighted by atomic mass is 9.99. The first-order chi connectivity index (χ1) is 20.6. The number of hydrogen-bond acceptors (Lipinski definition) is 4. The summed E-state index contributed by atoms with van der Waals surface area (Å²) in [4.78, 5) is 17.6. The van der Waals surface area contributed by atoms with E-state index in [-0.39, 0.29) is 10.6 Å². The Morgan fingerprint density at radius 2 is 1.56 bits per heavy atom. The van der Waals surface area contributed by atoms with Crippen molar-refractivity contribution in [2.45, 2.75) is 25.2 Å². The monoisotopic (exact) mass is 608 g/mol. The van der Waals surface area contributed by atoms with Gasteiger partial charge in [0.05, 0.1) is 35.8 Å². The SMILES string of the molecule is COc1ccc(-c2ccc(C(F)(F)F)cc2)cc1C(=O)N[C@H](Cc1ccc(-c2ccc(F)c(Cl)c2)cc1)Cn1cncn1. The molecule has 1 atom stereocenters. The van der Waals surface area contributed by atoms with Crippen LogP contribution in [0.4, 0.5) is 17.6 Å². The van der Waals surface area contributed by atoms with E-state index < -0.39 is 29.5 Å². The van der Waals surface area contributed by atoms with Crippen LogP contribution in [0.3, 0.4) is 0 Å². The van der Waals surface area contributed by atoms with E-state index in [1.54, 1.807) is 41.3 Å². The van der Waals surface area contributed by atoms with Crippen molar-refractivity contribution in [2.24, 2.45) is 0 Å². The molecule has 220 valence electrons. The molecule has 6 nitrogen and oxygen atoms in total. The van der Waals surface area contributed by atoms with Crippen molar-refractivity contribution in [1.29, 1.82) is 0 Å². The standard InChI is InChI=1S/C32H25ClF4N4O2/c1-43-30-13-9-23(22-6-10-25(11-7-22)32(35,36)37)15-27(30)31(42)40-26(17-41-19-38-18-39-41)14-20-2-4-21(5-3-20)24-8-12-29(34)28(33)16-24/h2-13,15-16,18-19,26H,14,17H2,1H3,(H,40,42)/t26-/m1/s1. The van der Waals surface area contributed by atoms with E-state index in [1.807, 2.05) is 24.3 Å². The molecule has 0 spiro atoms. The maximum atomic E-state index is 13.6. The molecule has 0 bridgehead atoms. The predicted octanol–water partition coefficient (Wildman–Crippen LogP) is 7.47. The van der Waals surface area contributed by atoms with E-state index in [4.69, 9.17) is 16.3 Å². The van der Waals surface area contributed by atoms with Gasteiger partial charge in [0, 0.05) is 0 Å². The third-order valence-corrected chi connectivity index (χ3v) is 7.18. The molecule has 1 heterocycles. The molecule has 5 rings (SSSR count). The minimum absolute atomic E-state index is 0.0370. The van der Waals surface area contributed by atoms with Crippen molar-refractivity contribution in [3.05, 3.63) is 125 Å². The van der Waals surface area contributed by atoms with E-state index >= 15 is 0 Å². The summed E-state index contributed by atoms with van der Waals surface area (Å²) in [6.07, 6.45) is -1.06. The number of halogens is 5. The summed E-state index contributed by atoms with van der Waals surface area (Å²) in [6, 6.07) is 21.3. The highest BCUT2D eigenvalue weighted by Gasteiger charge is 2.30. The Balaban J connectivity index is 1.38. The molecule has 43 heavy (non-hydrogen) atoms. The van der Waals surface area contributed by atoms with Gasteiger partial charge < -0.3 is 10.1 Å². The van der Waals surface area contributed by atoms with Gasteiger partial charge in [0.2, 0.25) is 0 Å². The minimum Gasteiger partial charge on any atom is -0.496 e. The van der Waals surface area contributed by atoms with E-state index in [1.165, 1.54) is 31.6 Å². The summed E-state index contributed by atoms with van der Waals surface area (Å²) in [6.45, 7) is 0.321. The normalized spacial score (nSPS) is 12.1. The van der Waals surface area contributed by atoms with Gasteiger partial charge >= 0.3 is 6.18 Å². The summed E-state index contributed by atoms with van der Waals surface area (Å²) < 4.78 is 59.7. The number of hydrogen-bond donors (Lipinski definition) is 1. The highest BCUT2D eigenvalue weighted by molar-refractivity contribution is 6.31. The maximum Gasteiger partial charge on any atom is 0.416 e. The van der Waals surface area contributed by atoms with E-state index in [9.17, 15) is 22.4 Å². The van der Waals surface area contributed by atoms with Crippen molar-refractivity contribution < 1.29 is 27.1 Å². The van der Waals surface area contributed by atoms with Gasteiger partial charge in [-0.25, -0.2) is 9.37 Å². The average molecular weight is 609 g/mol. The van der Waals surface area contributed by atoms with Gasteiger partial charge in [-0.3, -0.25) is 9.48 Å². The van der Waals surface area contributed by atoms with Crippen molar-refractivity contribution in [2.75, 3.05) is 7.11 Å². The quantitative estimate of drug-likeness (QED) is 0.176. The number of ether oxygens (including phenoxy) is 1. The number of alkyl halides is 3. The van der Waals surface area contributed by atoms with Gasteiger partial charge in [-0.1, -0.05) is 60.1 Å². The Bertz CT molecular complexity index is 1710. The number of nitrogens with zero attached hydrogens (tertiary/aromatic N) is 3. The first-order valence-electron chi connectivity index (χ1n) is 13.1. The number of aromatic nitrogens is 3. The van der Waals surface area contributed by atoms with Crippen LogP contribution in [-0.4, -0.2) is 33.8 Å². The Morgan fingerprint density at radius 1 is 0.930 bits per heavy atom. The lowest BCUT2D eigenvalue weighted by Gasteiger charge is -2.20. The zero-order valence-corrected chi connectivity index (χ0v) is 23.5. The molecule has 0 saturated heterocycles. The molecule has 1 amide bonds. The number of benzene rings is 4. The van der Waals surface area contributed by atoms with Crippen molar-refractivity contribution in [3.8, 4) is 28.0 Å². The lowest BCUT2D eigenvalue weighted by molar-refractivity contribution is -0.137. The molecule has 1 N–H and O–H groups in total. The van der Waals surface area contributed by atoms with Crippen LogP contribution in [-0.2, 0) is 19.1 Å². The molecule has 0 aliphatic rings. The molecule has 11 heteroatoms. The summed E-state index contributed by atoms with van der Waals surface area (Å²) in [5, 5.41) is 7.25. The van der Waals surface area contributed by atoms with Gasteiger partial charge in [-0.15, -0.1) is 0 Å². The number of methoxy groups -OCH3 is 1. The summed E-state index contributed by atoms with van der Waals surface area (Å²) in [5.41, 5.74) is 3.10. The first kappa shape index (κ1) is 29.8. The molecule has 0 fully saturated rings. The zero-order chi connectivity index (χ0) is 30.6. The molecular weight excluding hydrogens is 584 g/mol.